The summed E-state index contributed by atoms with van der Waals surface area (Å²) in [4.78, 5) is 35.1. The largest absolute Gasteiger partial charge is 0.321 e. The van der Waals surface area contributed by atoms with Crippen LogP contribution in [0.5, 0.6) is 0 Å². The second-order valence-electron chi connectivity index (χ2n) is 7.26. The molecule has 5 rings (SSSR count). The Bertz CT molecular complexity index is 1480. The summed E-state index contributed by atoms with van der Waals surface area (Å²) >= 11 is 1.49. The van der Waals surface area contributed by atoms with Crippen LogP contribution in [-0.4, -0.2) is 25.5 Å². The highest BCUT2D eigenvalue weighted by molar-refractivity contribution is 7.98. The average molecular weight is 454 g/mol. The van der Waals surface area contributed by atoms with E-state index in [0.717, 1.165) is 10.5 Å². The van der Waals surface area contributed by atoms with Crippen molar-refractivity contribution < 1.29 is 4.79 Å². The van der Waals surface area contributed by atoms with Crippen LogP contribution in [0, 0.1) is 0 Å². The molecule has 0 atom stereocenters. The second-order valence-corrected chi connectivity index (χ2v) is 8.28. The molecule has 0 saturated carbocycles. The van der Waals surface area contributed by atoms with Crippen LogP contribution in [0.1, 0.15) is 16.1 Å². The van der Waals surface area contributed by atoms with Gasteiger partial charge in [-0.2, -0.15) is 9.50 Å². The Kier molecular flexibility index (Phi) is 5.73. The molecule has 1 amide bonds. The van der Waals surface area contributed by atoms with Crippen molar-refractivity contribution in [1.29, 1.82) is 0 Å². The molecule has 0 bridgehead atoms. The minimum Gasteiger partial charge on any atom is -0.321 e. The molecular weight excluding hydrogens is 434 g/mol. The van der Waals surface area contributed by atoms with Crippen LogP contribution in [0.3, 0.4) is 0 Å². The van der Waals surface area contributed by atoms with Crippen molar-refractivity contribution in [2.75, 3.05) is 5.32 Å². The number of hydrogen-bond donors (Lipinski definition) is 2. The predicted octanol–water partition coefficient (Wildman–Crippen LogP) is 4.63. The van der Waals surface area contributed by atoms with Gasteiger partial charge in [-0.05, 0) is 24.3 Å². The molecular formula is C25H19N5O2S. The fourth-order valence-electron chi connectivity index (χ4n) is 3.36. The molecule has 5 aromatic rings. The van der Waals surface area contributed by atoms with E-state index in [1.807, 2.05) is 72.8 Å². The topological polar surface area (TPSA) is 92.2 Å². The number of rotatable bonds is 6. The van der Waals surface area contributed by atoms with Crippen molar-refractivity contribution in [3.8, 4) is 11.4 Å². The second kappa shape index (κ2) is 9.13. The van der Waals surface area contributed by atoms with E-state index < -0.39 is 0 Å². The minimum absolute atomic E-state index is 0.175. The van der Waals surface area contributed by atoms with Gasteiger partial charge in [0.05, 0.1) is 11.4 Å². The van der Waals surface area contributed by atoms with Crippen LogP contribution in [0.4, 0.5) is 5.69 Å². The van der Waals surface area contributed by atoms with Gasteiger partial charge in [0, 0.05) is 27.8 Å². The van der Waals surface area contributed by atoms with E-state index in [1.54, 1.807) is 12.1 Å². The van der Waals surface area contributed by atoms with Gasteiger partial charge in [-0.15, -0.1) is 11.8 Å². The highest BCUT2D eigenvalue weighted by Gasteiger charge is 2.12. The Morgan fingerprint density at radius 3 is 2.39 bits per heavy atom. The van der Waals surface area contributed by atoms with E-state index in [1.165, 1.54) is 22.3 Å². The number of carbonyl (C=O) groups excluding carboxylic acids is 1. The Labute approximate surface area is 193 Å². The van der Waals surface area contributed by atoms with Crippen LogP contribution < -0.4 is 10.9 Å². The molecule has 7 nitrogen and oxygen atoms in total. The summed E-state index contributed by atoms with van der Waals surface area (Å²) in [6.45, 7) is 0. The number of para-hydroxylation sites is 1. The zero-order valence-corrected chi connectivity index (χ0v) is 18.3. The first-order chi connectivity index (χ1) is 16.2. The first-order valence-electron chi connectivity index (χ1n) is 10.3. The lowest BCUT2D eigenvalue weighted by molar-refractivity contribution is 0.102. The van der Waals surface area contributed by atoms with Crippen molar-refractivity contribution in [3.63, 3.8) is 0 Å². The van der Waals surface area contributed by atoms with Gasteiger partial charge < -0.3 is 5.32 Å². The average Bonchev–Trinajstić information content (AvgIpc) is 3.30. The van der Waals surface area contributed by atoms with Gasteiger partial charge in [-0.1, -0.05) is 60.7 Å². The van der Waals surface area contributed by atoms with E-state index >= 15 is 0 Å². The van der Waals surface area contributed by atoms with Crippen LogP contribution in [0.2, 0.25) is 0 Å². The van der Waals surface area contributed by atoms with Gasteiger partial charge in [0.15, 0.2) is 5.82 Å². The van der Waals surface area contributed by atoms with E-state index in [-0.39, 0.29) is 11.5 Å². The third-order valence-electron chi connectivity index (χ3n) is 4.98. The lowest BCUT2D eigenvalue weighted by atomic mass is 10.2. The highest BCUT2D eigenvalue weighted by atomic mass is 32.2. The Morgan fingerprint density at radius 1 is 0.909 bits per heavy atom. The lowest BCUT2D eigenvalue weighted by Crippen LogP contribution is -2.15. The zero-order valence-electron chi connectivity index (χ0n) is 17.4. The molecule has 2 heterocycles. The Morgan fingerprint density at radius 2 is 1.61 bits per heavy atom. The van der Waals surface area contributed by atoms with Crippen LogP contribution in [0.25, 0.3) is 17.2 Å². The fourth-order valence-corrected chi connectivity index (χ4v) is 4.26. The molecule has 0 unspecified atom stereocenters. The highest BCUT2D eigenvalue weighted by Crippen LogP contribution is 2.29. The maximum absolute atomic E-state index is 12.6. The molecule has 0 spiro atoms. The van der Waals surface area contributed by atoms with Gasteiger partial charge in [0.2, 0.25) is 0 Å². The first kappa shape index (κ1) is 20.7. The minimum atomic E-state index is -0.226. The normalized spacial score (nSPS) is 10.9. The fraction of sp³-hybridized carbons (Fsp3) is 0.0400. The zero-order chi connectivity index (χ0) is 22.6. The Hall–Kier alpha value is -4.17. The van der Waals surface area contributed by atoms with Gasteiger partial charge >= 0.3 is 0 Å². The summed E-state index contributed by atoms with van der Waals surface area (Å²) in [6.07, 6.45) is 0. The van der Waals surface area contributed by atoms with Crippen molar-refractivity contribution >= 4 is 29.1 Å². The number of aromatic amines is 1. The number of nitrogens with zero attached hydrogens (tertiary/aromatic N) is 3. The number of H-pyrrole nitrogens is 1. The number of carbonyl (C=O) groups is 1. The molecule has 2 N–H and O–H groups in total. The molecule has 0 saturated heterocycles. The van der Waals surface area contributed by atoms with Crippen molar-refractivity contribution in [3.05, 3.63) is 113 Å². The molecule has 0 aliphatic heterocycles. The maximum Gasteiger partial charge on any atom is 0.274 e. The number of thioether (sulfide) groups is 1. The molecule has 0 fully saturated rings. The number of fused-ring (bicyclic) bond motifs is 1. The van der Waals surface area contributed by atoms with Crippen molar-refractivity contribution in [2.24, 2.45) is 0 Å². The van der Waals surface area contributed by atoms with E-state index in [2.05, 4.69) is 20.4 Å². The maximum atomic E-state index is 12.6. The Balaban J connectivity index is 1.36. The molecule has 0 aliphatic rings. The summed E-state index contributed by atoms with van der Waals surface area (Å²) in [5.41, 5.74) is 2.56. The third-order valence-corrected chi connectivity index (χ3v) is 6.08. The van der Waals surface area contributed by atoms with Gasteiger partial charge in [-0.25, -0.2) is 4.98 Å². The van der Waals surface area contributed by atoms with Crippen molar-refractivity contribution in [1.82, 2.24) is 19.6 Å². The number of nitrogens with one attached hydrogen (secondary N) is 2. The number of benzene rings is 3. The summed E-state index contributed by atoms with van der Waals surface area (Å²) in [5, 5.41) is 5.97. The molecule has 162 valence electrons. The van der Waals surface area contributed by atoms with E-state index in [4.69, 9.17) is 0 Å². The first-order valence-corrected chi connectivity index (χ1v) is 11.3. The summed E-state index contributed by atoms with van der Waals surface area (Å²) in [7, 11) is 0. The lowest BCUT2D eigenvalue weighted by Gasteiger charge is -2.10. The standard InChI is InChI=1S/C25H19N5O2S/c31-22-15-19(26-25-28-23(29-30(22)25)17-9-3-1-4-10-17)16-33-21-14-8-7-13-20(21)27-24(32)18-11-5-2-6-12-18/h1-15H,16H2,(H,27,32)(H,26,28,29). The van der Waals surface area contributed by atoms with Gasteiger partial charge in [0.25, 0.3) is 17.2 Å². The number of hydrogen-bond acceptors (Lipinski definition) is 5. The summed E-state index contributed by atoms with van der Waals surface area (Å²) in [5.74, 6) is 1.19. The van der Waals surface area contributed by atoms with Crippen LogP contribution in [-0.2, 0) is 5.75 Å². The van der Waals surface area contributed by atoms with E-state index in [9.17, 15) is 9.59 Å². The van der Waals surface area contributed by atoms with E-state index in [0.29, 0.717) is 34.3 Å². The molecule has 0 radical (unpaired) electrons. The van der Waals surface area contributed by atoms with Crippen LogP contribution in [0.15, 0.2) is 101 Å². The monoisotopic (exact) mass is 453 g/mol. The predicted molar refractivity (Wildman–Crippen MR) is 129 cm³/mol. The molecule has 8 heteroatoms. The number of aromatic nitrogens is 4. The quantitative estimate of drug-likeness (QED) is 0.366. The van der Waals surface area contributed by atoms with Crippen LogP contribution >= 0.6 is 11.8 Å². The summed E-state index contributed by atoms with van der Waals surface area (Å²) in [6, 6.07) is 27.7. The van der Waals surface area contributed by atoms with Gasteiger partial charge in [-0.3, -0.25) is 14.7 Å². The smallest absolute Gasteiger partial charge is 0.274 e. The summed E-state index contributed by atoms with van der Waals surface area (Å²) < 4.78 is 1.34. The molecule has 3 aromatic carbocycles. The molecule has 33 heavy (non-hydrogen) atoms. The van der Waals surface area contributed by atoms with Gasteiger partial charge in [0.1, 0.15) is 0 Å². The molecule has 2 aromatic heterocycles. The third kappa shape index (κ3) is 4.56. The number of amides is 1. The SMILES string of the molecule is O=C(Nc1ccccc1SCc1cc(=O)n2[nH]c(-c3ccccc3)nc2n1)c1ccccc1. The molecule has 0 aliphatic carbocycles. The van der Waals surface area contributed by atoms with Crippen molar-refractivity contribution in [2.45, 2.75) is 10.6 Å². The number of anilines is 1.